The molecule has 0 aromatic carbocycles. The number of alkyl halides is 7. The number of halogens is 8. The van der Waals surface area contributed by atoms with Crippen LogP contribution in [0.1, 0.15) is 0 Å². The summed E-state index contributed by atoms with van der Waals surface area (Å²) in [4.78, 5) is 0. The van der Waals surface area contributed by atoms with Crippen LogP contribution < -0.4 is 0 Å². The monoisotopic (exact) mass is 246 g/mol. The van der Waals surface area contributed by atoms with Gasteiger partial charge in [-0.05, 0) is 0 Å². The molecule has 13 heavy (non-hydrogen) atoms. The Morgan fingerprint density at radius 2 is 1.31 bits per heavy atom. The molecule has 8 heteroatoms. The molecule has 0 N–H and O–H groups in total. The lowest BCUT2D eigenvalue weighted by atomic mass is 10.2. The molecule has 1 unspecified atom stereocenters. The first-order valence-corrected chi connectivity index (χ1v) is 3.48. The summed E-state index contributed by atoms with van der Waals surface area (Å²) in [7, 11) is 0. The van der Waals surface area contributed by atoms with Gasteiger partial charge in [-0.15, -0.1) is 0 Å². The molecule has 0 aliphatic rings. The lowest BCUT2D eigenvalue weighted by Crippen LogP contribution is -2.49. The van der Waals surface area contributed by atoms with Gasteiger partial charge in [0, 0.05) is 11.6 Å². The predicted octanol–water partition coefficient (Wildman–Crippen LogP) is 3.84. The van der Waals surface area contributed by atoms with Crippen LogP contribution in [0.4, 0.5) is 26.3 Å². The summed E-state index contributed by atoms with van der Waals surface area (Å²) in [5.74, 6) is -4.91. The molecule has 0 saturated carbocycles. The van der Waals surface area contributed by atoms with E-state index < -0.39 is 23.3 Å². The molecule has 0 rings (SSSR count). The molecule has 78 valence electrons. The van der Waals surface area contributed by atoms with Gasteiger partial charge in [0.15, 0.2) is 0 Å². The summed E-state index contributed by atoms with van der Waals surface area (Å²) < 4.78 is 71.7. The zero-order valence-corrected chi connectivity index (χ0v) is 7.19. The Morgan fingerprint density at radius 3 is 1.54 bits per heavy atom. The van der Waals surface area contributed by atoms with E-state index in [4.69, 9.17) is 0 Å². The Morgan fingerprint density at radius 1 is 0.923 bits per heavy atom. The first kappa shape index (κ1) is 12.9. The lowest BCUT2D eigenvalue weighted by Gasteiger charge is -2.27. The highest BCUT2D eigenvalue weighted by atomic mass is 35.5. The van der Waals surface area contributed by atoms with Gasteiger partial charge in [0.05, 0.1) is 0 Å². The Bertz CT molecular complexity index is 206. The fraction of sp³-hybridized carbons (Fsp3) is 0.600. The van der Waals surface area contributed by atoms with Crippen LogP contribution in [-0.2, 0) is 0 Å². The topological polar surface area (TPSA) is 0 Å². The van der Waals surface area contributed by atoms with Crippen molar-refractivity contribution < 1.29 is 26.3 Å². The molecule has 0 aromatic rings. The Balaban J connectivity index is 5.03. The van der Waals surface area contributed by atoms with Gasteiger partial charge in [-0.2, -0.15) is 22.0 Å². The Kier molecular flexibility index (Phi) is 3.54. The van der Waals surface area contributed by atoms with Crippen LogP contribution in [0, 0.1) is 0 Å². The first-order chi connectivity index (χ1) is 5.56. The molecule has 0 aliphatic heterocycles. The minimum atomic E-state index is -5.88. The van der Waals surface area contributed by atoms with Crippen LogP contribution >= 0.6 is 23.2 Å². The SMILES string of the molecule is FC(F)(F)C(F)(Cl)C(F)(F)/C=C/Cl. The van der Waals surface area contributed by atoms with E-state index in [-0.39, 0.29) is 5.54 Å². The predicted molar refractivity (Wildman–Crippen MR) is 35.7 cm³/mol. The normalized spacial score (nSPS) is 19.1. The smallest absolute Gasteiger partial charge is 0.209 e. The van der Waals surface area contributed by atoms with E-state index in [1.54, 1.807) is 0 Å². The molecule has 0 saturated heterocycles. The molecule has 1 atom stereocenters. The van der Waals surface area contributed by atoms with E-state index in [0.29, 0.717) is 0 Å². The zero-order valence-electron chi connectivity index (χ0n) is 5.68. The maximum absolute atomic E-state index is 12.3. The summed E-state index contributed by atoms with van der Waals surface area (Å²) in [6.07, 6.45) is -6.36. The van der Waals surface area contributed by atoms with Crippen molar-refractivity contribution in [1.82, 2.24) is 0 Å². The van der Waals surface area contributed by atoms with Gasteiger partial charge < -0.3 is 0 Å². The summed E-state index contributed by atoms with van der Waals surface area (Å²) in [5, 5.41) is -5.15. The summed E-state index contributed by atoms with van der Waals surface area (Å²) >= 11 is 8.62. The van der Waals surface area contributed by atoms with Crippen LogP contribution in [0.25, 0.3) is 0 Å². The van der Waals surface area contributed by atoms with Crippen LogP contribution in [0.5, 0.6) is 0 Å². The van der Waals surface area contributed by atoms with Gasteiger partial charge in [-0.1, -0.05) is 23.2 Å². The number of hydrogen-bond donors (Lipinski definition) is 0. The number of allylic oxidation sites excluding steroid dienone is 1. The molecule has 0 spiro atoms. The average molecular weight is 247 g/mol. The van der Waals surface area contributed by atoms with Crippen LogP contribution in [-0.4, -0.2) is 17.2 Å². The summed E-state index contributed by atoms with van der Waals surface area (Å²) in [6.45, 7) is 0. The van der Waals surface area contributed by atoms with E-state index in [1.165, 1.54) is 0 Å². The largest absolute Gasteiger partial charge is 0.443 e. The van der Waals surface area contributed by atoms with Crippen molar-refractivity contribution in [2.75, 3.05) is 0 Å². The standard InChI is InChI=1S/C5H2Cl2F6/c6-2-1-3(8,9)4(7,10)5(11,12)13/h1-2H/b2-1+. The first-order valence-electron chi connectivity index (χ1n) is 2.66. The van der Waals surface area contributed by atoms with Gasteiger partial charge in [-0.3, -0.25) is 0 Å². The molecule has 0 amide bonds. The van der Waals surface area contributed by atoms with Gasteiger partial charge >= 0.3 is 17.2 Å². The molecule has 0 fully saturated rings. The second-order valence-electron chi connectivity index (χ2n) is 1.99. The highest BCUT2D eigenvalue weighted by Gasteiger charge is 2.69. The molecular weight excluding hydrogens is 245 g/mol. The van der Waals surface area contributed by atoms with Gasteiger partial charge in [0.2, 0.25) is 0 Å². The molecule has 0 radical (unpaired) electrons. The molecule has 0 aromatic heterocycles. The lowest BCUT2D eigenvalue weighted by molar-refractivity contribution is -0.252. The van der Waals surface area contributed by atoms with E-state index >= 15 is 0 Å². The summed E-state index contributed by atoms with van der Waals surface area (Å²) in [5.41, 5.74) is 0.0580. The van der Waals surface area contributed by atoms with E-state index in [0.717, 1.165) is 0 Å². The second kappa shape index (κ2) is 3.57. The quantitative estimate of drug-likeness (QED) is 0.513. The third-order valence-corrected chi connectivity index (χ3v) is 1.64. The third-order valence-electron chi connectivity index (χ3n) is 1.05. The van der Waals surface area contributed by atoms with Crippen molar-refractivity contribution >= 4 is 23.2 Å². The van der Waals surface area contributed by atoms with Crippen molar-refractivity contribution in [3.8, 4) is 0 Å². The fourth-order valence-corrected chi connectivity index (χ4v) is 0.594. The summed E-state index contributed by atoms with van der Waals surface area (Å²) in [6, 6.07) is 0. The maximum atomic E-state index is 12.3. The highest BCUT2D eigenvalue weighted by molar-refractivity contribution is 6.26. The van der Waals surface area contributed by atoms with Crippen LogP contribution in [0.15, 0.2) is 11.6 Å². The molecule has 0 nitrogen and oxygen atoms in total. The number of hydrogen-bond acceptors (Lipinski definition) is 0. The van der Waals surface area contributed by atoms with Crippen molar-refractivity contribution in [1.29, 1.82) is 0 Å². The second-order valence-corrected chi connectivity index (χ2v) is 2.76. The third kappa shape index (κ3) is 2.43. The molecule has 0 bridgehead atoms. The van der Waals surface area contributed by atoms with Gasteiger partial charge in [-0.25, -0.2) is 4.39 Å². The number of rotatable bonds is 2. The fourth-order valence-electron chi connectivity index (χ4n) is 0.373. The molecular formula is C5H2Cl2F6. The van der Waals surface area contributed by atoms with Crippen LogP contribution in [0.2, 0.25) is 0 Å². The van der Waals surface area contributed by atoms with E-state index in [9.17, 15) is 26.3 Å². The van der Waals surface area contributed by atoms with E-state index in [1.807, 2.05) is 0 Å². The van der Waals surface area contributed by atoms with E-state index in [2.05, 4.69) is 23.2 Å². The zero-order chi connectivity index (χ0) is 10.9. The van der Waals surface area contributed by atoms with Crippen molar-refractivity contribution in [2.24, 2.45) is 0 Å². The highest BCUT2D eigenvalue weighted by Crippen LogP contribution is 2.48. The minimum Gasteiger partial charge on any atom is -0.209 e. The van der Waals surface area contributed by atoms with Crippen molar-refractivity contribution in [3.63, 3.8) is 0 Å². The minimum absolute atomic E-state index is 0.0580. The maximum Gasteiger partial charge on any atom is 0.443 e. The molecule has 0 aliphatic carbocycles. The average Bonchev–Trinajstić information content (AvgIpc) is 1.84. The van der Waals surface area contributed by atoms with Crippen LogP contribution in [0.3, 0.4) is 0 Å². The van der Waals surface area contributed by atoms with Crippen molar-refractivity contribution in [3.05, 3.63) is 11.6 Å². The Hall–Kier alpha value is -0.100. The Labute approximate surface area is 79.1 Å². The van der Waals surface area contributed by atoms with Gasteiger partial charge in [0.1, 0.15) is 0 Å². The van der Waals surface area contributed by atoms with Crippen molar-refractivity contribution in [2.45, 2.75) is 17.2 Å². The molecule has 0 heterocycles. The van der Waals surface area contributed by atoms with Gasteiger partial charge in [0.25, 0.3) is 0 Å².